The van der Waals surface area contributed by atoms with E-state index in [2.05, 4.69) is 5.32 Å². The smallest absolute Gasteiger partial charge is 0.281 e. The molecular weight excluding hydrogens is 206 g/mol. The van der Waals surface area contributed by atoms with E-state index >= 15 is 0 Å². The van der Waals surface area contributed by atoms with Crippen molar-refractivity contribution in [2.24, 2.45) is 0 Å². The maximum absolute atomic E-state index is 11.7. The summed E-state index contributed by atoms with van der Waals surface area (Å²) in [6.45, 7) is 4.52. The second-order valence-corrected chi connectivity index (χ2v) is 3.10. The van der Waals surface area contributed by atoms with Gasteiger partial charge in [-0.15, -0.1) is 0 Å². The van der Waals surface area contributed by atoms with Gasteiger partial charge in [0, 0.05) is 18.9 Å². The predicted molar refractivity (Wildman–Crippen MR) is 62.1 cm³/mol. The summed E-state index contributed by atoms with van der Waals surface area (Å²) in [6, 6.07) is 9.22. The third kappa shape index (κ3) is 4.00. The Kier molecular flexibility index (Phi) is 5.53. The third-order valence-corrected chi connectivity index (χ3v) is 1.89. The van der Waals surface area contributed by atoms with Crippen molar-refractivity contribution in [2.75, 3.05) is 18.5 Å². The number of hydrogen-bond donors (Lipinski definition) is 1. The molecule has 1 rings (SSSR count). The average molecular weight is 223 g/mol. The number of para-hydroxylation sites is 1. The number of hydrogen-bond acceptors (Lipinski definition) is 3. The fourth-order valence-electron chi connectivity index (χ4n) is 1.22. The van der Waals surface area contributed by atoms with E-state index in [0.717, 1.165) is 5.69 Å². The monoisotopic (exact) mass is 223 g/mol. The van der Waals surface area contributed by atoms with Crippen LogP contribution in [0.2, 0.25) is 0 Å². The van der Waals surface area contributed by atoms with Crippen molar-refractivity contribution in [3.63, 3.8) is 0 Å². The van der Waals surface area contributed by atoms with Crippen LogP contribution in [0.1, 0.15) is 13.8 Å². The van der Waals surface area contributed by atoms with Gasteiger partial charge in [0.05, 0.1) is 0 Å². The van der Waals surface area contributed by atoms with Gasteiger partial charge in [-0.2, -0.15) is 0 Å². The van der Waals surface area contributed by atoms with Crippen LogP contribution in [0.15, 0.2) is 30.3 Å². The number of nitrogens with one attached hydrogen (secondary N) is 1. The molecule has 0 spiro atoms. The van der Waals surface area contributed by atoms with Gasteiger partial charge in [0.15, 0.2) is 0 Å². The molecule has 0 aromatic heterocycles. The van der Waals surface area contributed by atoms with E-state index in [-0.39, 0.29) is 5.91 Å². The molecule has 88 valence electrons. The van der Waals surface area contributed by atoms with Crippen LogP contribution >= 0.6 is 0 Å². The number of ether oxygens (including phenoxy) is 2. The minimum Gasteiger partial charge on any atom is -0.345 e. The molecule has 0 saturated carbocycles. The molecule has 0 fully saturated rings. The van der Waals surface area contributed by atoms with Gasteiger partial charge in [-0.25, -0.2) is 0 Å². The molecule has 1 aromatic rings. The Bertz CT molecular complexity index is 307. The summed E-state index contributed by atoms with van der Waals surface area (Å²) in [7, 11) is 0. The van der Waals surface area contributed by atoms with E-state index in [1.807, 2.05) is 44.2 Å². The van der Waals surface area contributed by atoms with E-state index < -0.39 is 6.29 Å². The zero-order valence-corrected chi connectivity index (χ0v) is 9.60. The predicted octanol–water partition coefficient (Wildman–Crippen LogP) is 2.02. The molecule has 0 bridgehead atoms. The molecule has 0 atom stereocenters. The Hall–Kier alpha value is -1.39. The highest BCUT2D eigenvalue weighted by Gasteiger charge is 2.18. The molecule has 0 unspecified atom stereocenters. The fourth-order valence-corrected chi connectivity index (χ4v) is 1.22. The molecule has 1 amide bonds. The minimum atomic E-state index is -0.838. The van der Waals surface area contributed by atoms with Gasteiger partial charge in [-0.05, 0) is 26.0 Å². The molecule has 0 heterocycles. The van der Waals surface area contributed by atoms with E-state index in [9.17, 15) is 4.79 Å². The van der Waals surface area contributed by atoms with Crippen molar-refractivity contribution in [1.82, 2.24) is 0 Å². The second-order valence-electron chi connectivity index (χ2n) is 3.10. The molecule has 4 heteroatoms. The number of carbonyl (C=O) groups excluding carboxylic acids is 1. The Balaban J connectivity index is 2.55. The Morgan fingerprint density at radius 2 is 1.75 bits per heavy atom. The first-order chi connectivity index (χ1) is 7.77. The van der Waals surface area contributed by atoms with Crippen molar-refractivity contribution >= 4 is 11.6 Å². The number of anilines is 1. The topological polar surface area (TPSA) is 47.6 Å². The van der Waals surface area contributed by atoms with Crippen LogP contribution in [0, 0.1) is 0 Å². The lowest BCUT2D eigenvalue weighted by Crippen LogP contribution is -2.33. The molecule has 1 N–H and O–H groups in total. The fraction of sp³-hybridized carbons (Fsp3) is 0.417. The quantitative estimate of drug-likeness (QED) is 0.750. The summed E-state index contributed by atoms with van der Waals surface area (Å²) in [5, 5.41) is 2.72. The maximum atomic E-state index is 11.7. The molecule has 0 aliphatic rings. The highest BCUT2D eigenvalue weighted by Crippen LogP contribution is 2.07. The van der Waals surface area contributed by atoms with E-state index in [1.165, 1.54) is 0 Å². The van der Waals surface area contributed by atoms with E-state index in [4.69, 9.17) is 9.47 Å². The standard InChI is InChI=1S/C12H17NO3/c1-3-15-12(16-4-2)11(14)13-10-8-6-5-7-9-10/h5-9,12H,3-4H2,1-2H3,(H,13,14). The molecule has 0 aliphatic heterocycles. The van der Waals surface area contributed by atoms with E-state index in [0.29, 0.717) is 13.2 Å². The summed E-state index contributed by atoms with van der Waals surface area (Å²) in [5.41, 5.74) is 0.733. The van der Waals surface area contributed by atoms with Crippen LogP contribution in [-0.2, 0) is 14.3 Å². The molecular formula is C12H17NO3. The largest absolute Gasteiger partial charge is 0.345 e. The number of carbonyl (C=O) groups is 1. The molecule has 4 nitrogen and oxygen atoms in total. The van der Waals surface area contributed by atoms with Crippen LogP contribution in [0.4, 0.5) is 5.69 Å². The van der Waals surface area contributed by atoms with Crippen molar-refractivity contribution in [2.45, 2.75) is 20.1 Å². The zero-order valence-electron chi connectivity index (χ0n) is 9.60. The van der Waals surface area contributed by atoms with Gasteiger partial charge in [0.1, 0.15) is 0 Å². The second kappa shape index (κ2) is 6.98. The normalized spacial score (nSPS) is 10.4. The average Bonchev–Trinajstić information content (AvgIpc) is 2.30. The minimum absolute atomic E-state index is 0.282. The summed E-state index contributed by atoms with van der Waals surface area (Å²) in [4.78, 5) is 11.7. The number of amides is 1. The molecule has 16 heavy (non-hydrogen) atoms. The molecule has 1 aromatic carbocycles. The van der Waals surface area contributed by atoms with Crippen molar-refractivity contribution in [3.8, 4) is 0 Å². The molecule has 0 radical (unpaired) electrons. The van der Waals surface area contributed by atoms with Gasteiger partial charge in [-0.1, -0.05) is 18.2 Å². The first-order valence-electron chi connectivity index (χ1n) is 5.37. The van der Waals surface area contributed by atoms with Crippen LogP contribution in [0.3, 0.4) is 0 Å². The van der Waals surface area contributed by atoms with Gasteiger partial charge < -0.3 is 14.8 Å². The summed E-state index contributed by atoms with van der Waals surface area (Å²) in [6.07, 6.45) is -0.838. The lowest BCUT2D eigenvalue weighted by molar-refractivity contribution is -0.164. The molecule has 0 aliphatic carbocycles. The van der Waals surface area contributed by atoms with Crippen molar-refractivity contribution in [1.29, 1.82) is 0 Å². The van der Waals surface area contributed by atoms with Gasteiger partial charge in [0.2, 0.25) is 6.29 Å². The van der Waals surface area contributed by atoms with Crippen LogP contribution in [0.5, 0.6) is 0 Å². The highest BCUT2D eigenvalue weighted by molar-refractivity contribution is 5.93. The van der Waals surface area contributed by atoms with Gasteiger partial charge >= 0.3 is 0 Å². The summed E-state index contributed by atoms with van der Waals surface area (Å²) < 4.78 is 10.4. The lowest BCUT2D eigenvalue weighted by Gasteiger charge is -2.16. The number of rotatable bonds is 6. The maximum Gasteiger partial charge on any atom is 0.281 e. The third-order valence-electron chi connectivity index (χ3n) is 1.89. The highest BCUT2D eigenvalue weighted by atomic mass is 16.7. The van der Waals surface area contributed by atoms with Crippen LogP contribution in [0.25, 0.3) is 0 Å². The first-order valence-corrected chi connectivity index (χ1v) is 5.37. The number of benzene rings is 1. The first kappa shape index (κ1) is 12.7. The van der Waals surface area contributed by atoms with Crippen LogP contribution < -0.4 is 5.32 Å². The zero-order chi connectivity index (χ0) is 11.8. The van der Waals surface area contributed by atoms with E-state index in [1.54, 1.807) is 0 Å². The van der Waals surface area contributed by atoms with Gasteiger partial charge in [0.25, 0.3) is 5.91 Å². The SMILES string of the molecule is CCOC(OCC)C(=O)Nc1ccccc1. The van der Waals surface area contributed by atoms with Crippen molar-refractivity contribution in [3.05, 3.63) is 30.3 Å². The van der Waals surface area contributed by atoms with Crippen molar-refractivity contribution < 1.29 is 14.3 Å². The molecule has 0 saturated heterocycles. The van der Waals surface area contributed by atoms with Gasteiger partial charge in [-0.3, -0.25) is 4.79 Å². The van der Waals surface area contributed by atoms with Crippen LogP contribution in [-0.4, -0.2) is 25.4 Å². The summed E-state index contributed by atoms with van der Waals surface area (Å²) >= 11 is 0. The Morgan fingerprint density at radius 3 is 2.25 bits per heavy atom. The Labute approximate surface area is 95.6 Å². The lowest BCUT2D eigenvalue weighted by atomic mass is 10.3. The Morgan fingerprint density at radius 1 is 1.19 bits per heavy atom. The summed E-state index contributed by atoms with van der Waals surface area (Å²) in [5.74, 6) is -0.282.